The lowest BCUT2D eigenvalue weighted by Crippen LogP contribution is -2.62. The third kappa shape index (κ3) is 2.08. The fraction of sp³-hybridized carbons (Fsp3) is 0.333. The van der Waals surface area contributed by atoms with E-state index in [4.69, 9.17) is 17.3 Å². The van der Waals surface area contributed by atoms with Gasteiger partial charge in [-0.05, 0) is 17.7 Å². The van der Waals surface area contributed by atoms with Gasteiger partial charge in [0.25, 0.3) is 0 Å². The van der Waals surface area contributed by atoms with Crippen molar-refractivity contribution in [2.75, 3.05) is 13.1 Å². The zero-order chi connectivity index (χ0) is 10.3. The van der Waals surface area contributed by atoms with Crippen LogP contribution >= 0.6 is 24.0 Å². The Labute approximate surface area is 97.2 Å². The minimum absolute atomic E-state index is 0. The number of nitrogens with one attached hydrogen (secondary N) is 1. The molecule has 84 valence electrons. The highest BCUT2D eigenvalue weighted by Crippen LogP contribution is 2.28. The van der Waals surface area contributed by atoms with Crippen LogP contribution in [-0.2, 0) is 5.54 Å². The molecule has 0 aromatic heterocycles. The second-order valence-corrected chi connectivity index (χ2v) is 3.89. The first-order valence-electron chi connectivity index (χ1n) is 4.17. The summed E-state index contributed by atoms with van der Waals surface area (Å²) in [4.78, 5) is 0. The normalized spacial score (nSPS) is 17.9. The van der Waals surface area contributed by atoms with E-state index >= 15 is 0 Å². The Balaban J connectivity index is 0.00000112. The molecule has 1 heterocycles. The quantitative estimate of drug-likeness (QED) is 0.751. The molecule has 1 fully saturated rings. The summed E-state index contributed by atoms with van der Waals surface area (Å²) in [7, 11) is 0. The fourth-order valence-corrected chi connectivity index (χ4v) is 1.55. The van der Waals surface area contributed by atoms with Gasteiger partial charge in [-0.1, -0.05) is 11.6 Å². The Bertz CT molecular complexity index is 357. The lowest BCUT2D eigenvalue weighted by Gasteiger charge is -2.39. The molecule has 0 atom stereocenters. The van der Waals surface area contributed by atoms with E-state index < -0.39 is 22.2 Å². The van der Waals surface area contributed by atoms with Gasteiger partial charge in [0, 0.05) is 13.1 Å². The van der Waals surface area contributed by atoms with E-state index in [1.54, 1.807) is 0 Å². The van der Waals surface area contributed by atoms with E-state index in [1.807, 2.05) is 0 Å². The van der Waals surface area contributed by atoms with E-state index in [9.17, 15) is 8.78 Å². The van der Waals surface area contributed by atoms with E-state index in [0.717, 1.165) is 0 Å². The van der Waals surface area contributed by atoms with Crippen molar-refractivity contribution in [3.63, 3.8) is 0 Å². The number of nitrogens with two attached hydrogens (primary N) is 1. The van der Waals surface area contributed by atoms with Crippen LogP contribution in [0.25, 0.3) is 0 Å². The van der Waals surface area contributed by atoms with Crippen molar-refractivity contribution in [1.82, 2.24) is 5.32 Å². The van der Waals surface area contributed by atoms with Gasteiger partial charge in [-0.25, -0.2) is 8.78 Å². The van der Waals surface area contributed by atoms with Gasteiger partial charge in [-0.2, -0.15) is 0 Å². The van der Waals surface area contributed by atoms with Crippen LogP contribution in [0.4, 0.5) is 8.78 Å². The topological polar surface area (TPSA) is 38.0 Å². The van der Waals surface area contributed by atoms with Crippen LogP contribution in [0.2, 0.25) is 5.02 Å². The molecule has 0 radical (unpaired) electrons. The summed E-state index contributed by atoms with van der Waals surface area (Å²) >= 11 is 5.35. The molecule has 6 heteroatoms. The first kappa shape index (κ1) is 12.6. The summed E-state index contributed by atoms with van der Waals surface area (Å²) < 4.78 is 26.2. The average molecular weight is 255 g/mol. The summed E-state index contributed by atoms with van der Waals surface area (Å²) in [6, 6.07) is 2.37. The van der Waals surface area contributed by atoms with Crippen molar-refractivity contribution in [1.29, 1.82) is 0 Å². The van der Waals surface area contributed by atoms with E-state index in [-0.39, 0.29) is 12.4 Å². The molecule has 0 unspecified atom stereocenters. The Morgan fingerprint density at radius 1 is 1.27 bits per heavy atom. The molecule has 0 amide bonds. The molecule has 1 aromatic carbocycles. The van der Waals surface area contributed by atoms with Crippen LogP contribution in [0, 0.1) is 11.6 Å². The van der Waals surface area contributed by atoms with Gasteiger partial charge < -0.3 is 11.1 Å². The maximum absolute atomic E-state index is 13.1. The van der Waals surface area contributed by atoms with Crippen LogP contribution in [0.5, 0.6) is 0 Å². The SMILES string of the molecule is Cl.NC1(c2cc(F)c(Cl)c(F)c2)CNC1. The summed E-state index contributed by atoms with van der Waals surface area (Å²) in [5.41, 5.74) is 5.65. The highest BCUT2D eigenvalue weighted by molar-refractivity contribution is 6.30. The molecule has 1 aliphatic rings. The number of hydrogen-bond donors (Lipinski definition) is 2. The Morgan fingerprint density at radius 2 is 1.73 bits per heavy atom. The molecule has 15 heavy (non-hydrogen) atoms. The predicted molar refractivity (Wildman–Crippen MR) is 57.4 cm³/mol. The third-order valence-corrected chi connectivity index (χ3v) is 2.80. The van der Waals surface area contributed by atoms with Crippen molar-refractivity contribution in [3.8, 4) is 0 Å². The summed E-state index contributed by atoms with van der Waals surface area (Å²) in [6.45, 7) is 1.04. The molecule has 2 rings (SSSR count). The van der Waals surface area contributed by atoms with E-state index in [0.29, 0.717) is 18.7 Å². The van der Waals surface area contributed by atoms with E-state index in [2.05, 4.69) is 5.32 Å². The molecule has 1 aromatic rings. The van der Waals surface area contributed by atoms with Crippen LogP contribution in [-0.4, -0.2) is 13.1 Å². The summed E-state index contributed by atoms with van der Waals surface area (Å²) in [6.07, 6.45) is 0. The van der Waals surface area contributed by atoms with Crippen LogP contribution in [0.1, 0.15) is 5.56 Å². The van der Waals surface area contributed by atoms with Crippen LogP contribution in [0.3, 0.4) is 0 Å². The lowest BCUT2D eigenvalue weighted by atomic mass is 9.85. The minimum Gasteiger partial charge on any atom is -0.319 e. The first-order chi connectivity index (χ1) is 6.53. The second-order valence-electron chi connectivity index (χ2n) is 3.51. The molecule has 1 aliphatic heterocycles. The molecule has 0 bridgehead atoms. The van der Waals surface area contributed by atoms with Crippen molar-refractivity contribution in [2.45, 2.75) is 5.54 Å². The molecule has 0 spiro atoms. The number of halogens is 4. The minimum atomic E-state index is -0.765. The molecular weight excluding hydrogens is 245 g/mol. The third-order valence-electron chi connectivity index (χ3n) is 2.44. The molecule has 3 N–H and O–H groups in total. The van der Waals surface area contributed by atoms with Crippen LogP contribution < -0.4 is 11.1 Å². The molecule has 2 nitrogen and oxygen atoms in total. The maximum Gasteiger partial charge on any atom is 0.145 e. The number of rotatable bonds is 1. The Kier molecular flexibility index (Phi) is 3.55. The molecule has 0 saturated carbocycles. The summed E-state index contributed by atoms with van der Waals surface area (Å²) in [5, 5.41) is 2.47. The Morgan fingerprint density at radius 3 is 2.07 bits per heavy atom. The van der Waals surface area contributed by atoms with Crippen LogP contribution in [0.15, 0.2) is 12.1 Å². The maximum atomic E-state index is 13.1. The van der Waals surface area contributed by atoms with Gasteiger partial charge in [-0.3, -0.25) is 0 Å². The summed E-state index contributed by atoms with van der Waals surface area (Å²) in [5.74, 6) is -1.53. The highest BCUT2D eigenvalue weighted by Gasteiger charge is 2.35. The van der Waals surface area contributed by atoms with Gasteiger partial charge in [0.15, 0.2) is 0 Å². The molecular formula is C9H10Cl2F2N2. The smallest absolute Gasteiger partial charge is 0.145 e. The predicted octanol–water partition coefficient (Wildman–Crippen LogP) is 1.80. The van der Waals surface area contributed by atoms with Gasteiger partial charge in [0.2, 0.25) is 0 Å². The van der Waals surface area contributed by atoms with Gasteiger partial charge in [0.05, 0.1) is 5.54 Å². The van der Waals surface area contributed by atoms with Crippen molar-refractivity contribution in [2.24, 2.45) is 5.73 Å². The van der Waals surface area contributed by atoms with E-state index in [1.165, 1.54) is 12.1 Å². The van der Waals surface area contributed by atoms with Gasteiger partial charge >= 0.3 is 0 Å². The molecule has 1 saturated heterocycles. The van der Waals surface area contributed by atoms with Crippen molar-refractivity contribution < 1.29 is 8.78 Å². The standard InChI is InChI=1S/C9H9ClF2N2.ClH/c10-8-6(11)1-5(2-7(8)12)9(13)3-14-4-9;/h1-2,14H,3-4,13H2;1H. The fourth-order valence-electron chi connectivity index (χ4n) is 1.44. The zero-order valence-electron chi connectivity index (χ0n) is 7.69. The average Bonchev–Trinajstić information content (AvgIpc) is 2.09. The lowest BCUT2D eigenvalue weighted by molar-refractivity contribution is 0.285. The number of benzene rings is 1. The first-order valence-corrected chi connectivity index (χ1v) is 4.55. The van der Waals surface area contributed by atoms with Gasteiger partial charge in [0.1, 0.15) is 16.7 Å². The highest BCUT2D eigenvalue weighted by atomic mass is 35.5. The molecule has 0 aliphatic carbocycles. The van der Waals surface area contributed by atoms with Crippen molar-refractivity contribution in [3.05, 3.63) is 34.4 Å². The zero-order valence-corrected chi connectivity index (χ0v) is 9.26. The van der Waals surface area contributed by atoms with Crippen molar-refractivity contribution >= 4 is 24.0 Å². The Hall–Kier alpha value is -0.420. The largest absolute Gasteiger partial charge is 0.319 e. The monoisotopic (exact) mass is 254 g/mol. The second kappa shape index (κ2) is 4.22. The number of hydrogen-bond acceptors (Lipinski definition) is 2. The van der Waals surface area contributed by atoms with Gasteiger partial charge in [-0.15, -0.1) is 12.4 Å².